The molecule has 1 aromatic rings. The second kappa shape index (κ2) is 5.21. The van der Waals surface area contributed by atoms with Crippen molar-refractivity contribution in [3.8, 4) is 5.75 Å². The summed E-state index contributed by atoms with van der Waals surface area (Å²) in [5.74, 6) is 0.919. The lowest BCUT2D eigenvalue weighted by Crippen LogP contribution is -2.28. The third-order valence-corrected chi connectivity index (χ3v) is 2.71. The zero-order valence-electron chi connectivity index (χ0n) is 7.91. The van der Waals surface area contributed by atoms with Crippen molar-refractivity contribution in [3.63, 3.8) is 0 Å². The Kier molecular flexibility index (Phi) is 4.21. The molecule has 74 valence electrons. The minimum Gasteiger partial charge on any atom is -0.496 e. The Morgan fingerprint density at radius 2 is 2.46 bits per heavy atom. The number of aliphatic hydroxyl groups excluding tert-OH is 1. The predicted molar refractivity (Wildman–Crippen MR) is 54.3 cm³/mol. The molecular weight excluding hydrogens is 186 g/mol. The molecule has 0 aliphatic carbocycles. The van der Waals surface area contributed by atoms with Crippen molar-refractivity contribution in [1.29, 1.82) is 0 Å². The van der Waals surface area contributed by atoms with Crippen LogP contribution in [0.5, 0.6) is 5.75 Å². The number of aliphatic hydroxyl groups is 1. The number of hydrogen-bond acceptors (Lipinski definition) is 4. The second-order valence-electron chi connectivity index (χ2n) is 2.88. The van der Waals surface area contributed by atoms with Crippen LogP contribution < -0.4 is 10.1 Å². The fraction of sp³-hybridized carbons (Fsp3) is 0.556. The minimum absolute atomic E-state index is 0.131. The Hall–Kier alpha value is -0.580. The molecule has 0 bridgehead atoms. The van der Waals surface area contributed by atoms with Crippen molar-refractivity contribution in [2.45, 2.75) is 19.5 Å². The van der Waals surface area contributed by atoms with Crippen LogP contribution in [-0.4, -0.2) is 24.9 Å². The van der Waals surface area contributed by atoms with E-state index in [4.69, 9.17) is 9.84 Å². The summed E-state index contributed by atoms with van der Waals surface area (Å²) in [6.45, 7) is 2.86. The van der Waals surface area contributed by atoms with Crippen molar-refractivity contribution in [3.05, 3.63) is 16.3 Å². The first-order valence-electron chi connectivity index (χ1n) is 4.22. The van der Waals surface area contributed by atoms with Crippen LogP contribution in [0.3, 0.4) is 0 Å². The molecule has 1 aromatic heterocycles. The SMILES string of the molecule is COc1ccsc1CNC(C)CO. The number of methoxy groups -OCH3 is 1. The average Bonchev–Trinajstić information content (AvgIpc) is 2.61. The van der Waals surface area contributed by atoms with Gasteiger partial charge in [0.1, 0.15) is 5.75 Å². The third kappa shape index (κ3) is 2.99. The van der Waals surface area contributed by atoms with Gasteiger partial charge >= 0.3 is 0 Å². The van der Waals surface area contributed by atoms with E-state index in [2.05, 4.69) is 5.32 Å². The molecule has 0 saturated carbocycles. The van der Waals surface area contributed by atoms with Crippen LogP contribution in [0.1, 0.15) is 11.8 Å². The van der Waals surface area contributed by atoms with E-state index in [9.17, 15) is 0 Å². The molecule has 1 unspecified atom stereocenters. The lowest BCUT2D eigenvalue weighted by atomic mass is 10.3. The topological polar surface area (TPSA) is 41.5 Å². The first-order chi connectivity index (χ1) is 6.27. The molecule has 1 atom stereocenters. The Bertz CT molecular complexity index is 250. The summed E-state index contributed by atoms with van der Waals surface area (Å²) in [5, 5.41) is 14.0. The van der Waals surface area contributed by atoms with Crippen LogP contribution >= 0.6 is 11.3 Å². The second-order valence-corrected chi connectivity index (χ2v) is 3.88. The van der Waals surface area contributed by atoms with Crippen molar-refractivity contribution in [2.75, 3.05) is 13.7 Å². The van der Waals surface area contributed by atoms with E-state index >= 15 is 0 Å². The van der Waals surface area contributed by atoms with Gasteiger partial charge in [-0.1, -0.05) is 0 Å². The van der Waals surface area contributed by atoms with Gasteiger partial charge in [-0.05, 0) is 18.4 Å². The number of hydrogen-bond donors (Lipinski definition) is 2. The molecule has 13 heavy (non-hydrogen) atoms. The maximum absolute atomic E-state index is 8.80. The van der Waals surface area contributed by atoms with Gasteiger partial charge in [-0.15, -0.1) is 11.3 Å². The van der Waals surface area contributed by atoms with E-state index < -0.39 is 0 Å². The van der Waals surface area contributed by atoms with Crippen LogP contribution in [0.15, 0.2) is 11.4 Å². The monoisotopic (exact) mass is 201 g/mol. The molecule has 2 N–H and O–H groups in total. The van der Waals surface area contributed by atoms with Crippen LogP contribution in [0.25, 0.3) is 0 Å². The minimum atomic E-state index is 0.131. The Labute approximate surface area is 82.4 Å². The standard InChI is InChI=1S/C9H15NO2S/c1-7(6-11)10-5-9-8(12-2)3-4-13-9/h3-4,7,10-11H,5-6H2,1-2H3. The maximum atomic E-state index is 8.80. The average molecular weight is 201 g/mol. The summed E-state index contributed by atoms with van der Waals surface area (Å²) in [7, 11) is 1.67. The van der Waals surface area contributed by atoms with Crippen molar-refractivity contribution >= 4 is 11.3 Å². The Morgan fingerprint density at radius 1 is 1.69 bits per heavy atom. The number of nitrogens with one attached hydrogen (secondary N) is 1. The van der Waals surface area contributed by atoms with E-state index in [1.165, 1.54) is 4.88 Å². The van der Waals surface area contributed by atoms with Gasteiger partial charge in [0, 0.05) is 12.6 Å². The lowest BCUT2D eigenvalue weighted by molar-refractivity contribution is 0.251. The molecule has 3 nitrogen and oxygen atoms in total. The molecule has 0 fully saturated rings. The van der Waals surface area contributed by atoms with E-state index in [-0.39, 0.29) is 12.6 Å². The molecule has 0 aliphatic heterocycles. The fourth-order valence-corrected chi connectivity index (χ4v) is 1.76. The van der Waals surface area contributed by atoms with Crippen molar-refractivity contribution in [2.24, 2.45) is 0 Å². The summed E-state index contributed by atoms with van der Waals surface area (Å²) in [4.78, 5) is 1.17. The molecule has 0 spiro atoms. The first-order valence-corrected chi connectivity index (χ1v) is 5.10. The fourth-order valence-electron chi connectivity index (χ4n) is 0.971. The summed E-state index contributed by atoms with van der Waals surface area (Å²) in [6.07, 6.45) is 0. The first kappa shape index (κ1) is 10.5. The van der Waals surface area contributed by atoms with E-state index in [0.717, 1.165) is 12.3 Å². The highest BCUT2D eigenvalue weighted by molar-refractivity contribution is 7.10. The van der Waals surface area contributed by atoms with Crippen molar-refractivity contribution in [1.82, 2.24) is 5.32 Å². The molecule has 0 aromatic carbocycles. The zero-order chi connectivity index (χ0) is 9.68. The molecule has 1 heterocycles. The quantitative estimate of drug-likeness (QED) is 0.753. The van der Waals surface area contributed by atoms with E-state index in [1.807, 2.05) is 18.4 Å². The molecule has 1 rings (SSSR count). The maximum Gasteiger partial charge on any atom is 0.134 e. The van der Waals surface area contributed by atoms with Gasteiger partial charge in [0.05, 0.1) is 18.6 Å². The molecular formula is C9H15NO2S. The molecule has 0 saturated heterocycles. The zero-order valence-corrected chi connectivity index (χ0v) is 8.73. The van der Waals surface area contributed by atoms with E-state index in [0.29, 0.717) is 0 Å². The smallest absolute Gasteiger partial charge is 0.134 e. The van der Waals surface area contributed by atoms with Gasteiger partial charge < -0.3 is 15.2 Å². The van der Waals surface area contributed by atoms with Crippen LogP contribution in [-0.2, 0) is 6.54 Å². The summed E-state index contributed by atoms with van der Waals surface area (Å²) >= 11 is 1.66. The van der Waals surface area contributed by atoms with E-state index in [1.54, 1.807) is 18.4 Å². The summed E-state index contributed by atoms with van der Waals surface area (Å²) < 4.78 is 5.16. The van der Waals surface area contributed by atoms with Gasteiger partial charge in [0.15, 0.2) is 0 Å². The van der Waals surface area contributed by atoms with Crippen LogP contribution in [0, 0.1) is 0 Å². The highest BCUT2D eigenvalue weighted by atomic mass is 32.1. The molecule has 0 radical (unpaired) electrons. The molecule has 0 amide bonds. The summed E-state index contributed by atoms with van der Waals surface area (Å²) in [5.41, 5.74) is 0. The van der Waals surface area contributed by atoms with Crippen molar-refractivity contribution < 1.29 is 9.84 Å². The highest BCUT2D eigenvalue weighted by Crippen LogP contribution is 2.23. The molecule has 0 aliphatic rings. The van der Waals surface area contributed by atoms with Gasteiger partial charge in [-0.25, -0.2) is 0 Å². The Morgan fingerprint density at radius 3 is 3.08 bits per heavy atom. The van der Waals surface area contributed by atoms with Crippen LogP contribution in [0.4, 0.5) is 0 Å². The normalized spacial score (nSPS) is 12.8. The number of ether oxygens (including phenoxy) is 1. The summed E-state index contributed by atoms with van der Waals surface area (Å²) in [6, 6.07) is 2.08. The predicted octanol–water partition coefficient (Wildman–Crippen LogP) is 1.23. The van der Waals surface area contributed by atoms with Gasteiger partial charge in [0.25, 0.3) is 0 Å². The molecule has 4 heteroatoms. The number of rotatable bonds is 5. The lowest BCUT2D eigenvalue weighted by Gasteiger charge is -2.10. The highest BCUT2D eigenvalue weighted by Gasteiger charge is 2.05. The van der Waals surface area contributed by atoms with Gasteiger partial charge in [0.2, 0.25) is 0 Å². The van der Waals surface area contributed by atoms with Gasteiger partial charge in [-0.3, -0.25) is 0 Å². The number of thiophene rings is 1. The van der Waals surface area contributed by atoms with Crippen LogP contribution in [0.2, 0.25) is 0 Å². The third-order valence-electron chi connectivity index (χ3n) is 1.81. The van der Waals surface area contributed by atoms with Gasteiger partial charge in [-0.2, -0.15) is 0 Å². The largest absolute Gasteiger partial charge is 0.496 e. The Balaban J connectivity index is 2.44.